The topological polar surface area (TPSA) is 47.6 Å². The standard InChI is InChI=1S/C16H19NO3/c1-11-6-4-5-7-13(11)16(18)17-12-8-9-14(19-2)15(10-12)20-3/h4-7,10H,8-9H2,1-3H3,(H,17,18). The number of hydrogen-bond donors (Lipinski definition) is 1. The van der Waals surface area contributed by atoms with Gasteiger partial charge in [0.05, 0.1) is 14.2 Å². The number of rotatable bonds is 4. The molecule has 4 heteroatoms. The Labute approximate surface area is 119 Å². The molecule has 0 aliphatic heterocycles. The fourth-order valence-corrected chi connectivity index (χ4v) is 2.20. The van der Waals surface area contributed by atoms with Gasteiger partial charge in [-0.15, -0.1) is 0 Å². The van der Waals surface area contributed by atoms with E-state index in [9.17, 15) is 4.79 Å². The Morgan fingerprint density at radius 2 is 1.90 bits per heavy atom. The van der Waals surface area contributed by atoms with Crippen LogP contribution in [0.25, 0.3) is 0 Å². The highest BCUT2D eigenvalue weighted by Gasteiger charge is 2.17. The van der Waals surface area contributed by atoms with Crippen molar-refractivity contribution >= 4 is 5.91 Å². The molecular weight excluding hydrogens is 254 g/mol. The molecule has 1 aliphatic carbocycles. The number of benzene rings is 1. The number of carbonyl (C=O) groups is 1. The minimum absolute atomic E-state index is 0.0920. The lowest BCUT2D eigenvalue weighted by Crippen LogP contribution is -2.25. The first-order valence-electron chi connectivity index (χ1n) is 6.54. The number of amides is 1. The van der Waals surface area contributed by atoms with Crippen LogP contribution in [0.15, 0.2) is 47.6 Å². The van der Waals surface area contributed by atoms with E-state index >= 15 is 0 Å². The molecule has 4 nitrogen and oxygen atoms in total. The summed E-state index contributed by atoms with van der Waals surface area (Å²) in [6, 6.07) is 7.53. The van der Waals surface area contributed by atoms with Gasteiger partial charge in [0.2, 0.25) is 0 Å². The minimum atomic E-state index is -0.0920. The molecule has 0 aromatic heterocycles. The number of ether oxygens (including phenoxy) is 2. The van der Waals surface area contributed by atoms with Gasteiger partial charge in [-0.05, 0) is 25.0 Å². The first-order valence-corrected chi connectivity index (χ1v) is 6.54. The second-order valence-electron chi connectivity index (χ2n) is 4.63. The van der Waals surface area contributed by atoms with Crippen LogP contribution < -0.4 is 5.32 Å². The summed E-state index contributed by atoms with van der Waals surface area (Å²) in [5.41, 5.74) is 2.49. The summed E-state index contributed by atoms with van der Waals surface area (Å²) in [5.74, 6) is 1.38. The van der Waals surface area contributed by atoms with Gasteiger partial charge in [-0.1, -0.05) is 18.2 Å². The molecule has 1 amide bonds. The van der Waals surface area contributed by atoms with E-state index in [1.54, 1.807) is 14.2 Å². The lowest BCUT2D eigenvalue weighted by atomic mass is 10.1. The molecule has 0 saturated carbocycles. The van der Waals surface area contributed by atoms with E-state index in [0.29, 0.717) is 11.3 Å². The van der Waals surface area contributed by atoms with Crippen LogP contribution in [0.2, 0.25) is 0 Å². The van der Waals surface area contributed by atoms with Crippen molar-refractivity contribution in [1.82, 2.24) is 5.32 Å². The Bertz CT molecular complexity index is 573. The number of nitrogens with one attached hydrogen (secondary N) is 1. The van der Waals surface area contributed by atoms with Gasteiger partial charge in [-0.25, -0.2) is 0 Å². The molecule has 0 saturated heterocycles. The summed E-state index contributed by atoms with van der Waals surface area (Å²) >= 11 is 0. The Morgan fingerprint density at radius 1 is 1.15 bits per heavy atom. The van der Waals surface area contributed by atoms with Gasteiger partial charge in [0.25, 0.3) is 5.91 Å². The summed E-state index contributed by atoms with van der Waals surface area (Å²) in [6.07, 6.45) is 3.27. The van der Waals surface area contributed by atoms with Crippen molar-refractivity contribution in [3.63, 3.8) is 0 Å². The number of aryl methyl sites for hydroxylation is 1. The van der Waals surface area contributed by atoms with E-state index in [1.807, 2.05) is 37.3 Å². The molecule has 0 spiro atoms. The van der Waals surface area contributed by atoms with Crippen LogP contribution in [0.3, 0.4) is 0 Å². The highest BCUT2D eigenvalue weighted by molar-refractivity contribution is 5.96. The maximum Gasteiger partial charge on any atom is 0.255 e. The second-order valence-corrected chi connectivity index (χ2v) is 4.63. The van der Waals surface area contributed by atoms with Crippen molar-refractivity contribution in [2.75, 3.05) is 14.2 Å². The van der Waals surface area contributed by atoms with Crippen LogP contribution in [0.1, 0.15) is 28.8 Å². The molecule has 2 rings (SSSR count). The molecule has 0 radical (unpaired) electrons. The zero-order valence-electron chi connectivity index (χ0n) is 12.0. The fourth-order valence-electron chi connectivity index (χ4n) is 2.20. The molecule has 0 bridgehead atoms. The Kier molecular flexibility index (Phi) is 4.45. The summed E-state index contributed by atoms with van der Waals surface area (Å²) in [7, 11) is 3.22. The average Bonchev–Trinajstić information content (AvgIpc) is 2.47. The van der Waals surface area contributed by atoms with Crippen LogP contribution in [-0.4, -0.2) is 20.1 Å². The fraction of sp³-hybridized carbons (Fsp3) is 0.312. The zero-order valence-corrected chi connectivity index (χ0v) is 12.0. The largest absolute Gasteiger partial charge is 0.497 e. The Hall–Kier alpha value is -2.23. The molecule has 1 N–H and O–H groups in total. The van der Waals surface area contributed by atoms with E-state index in [4.69, 9.17) is 9.47 Å². The third-order valence-electron chi connectivity index (χ3n) is 3.33. The zero-order chi connectivity index (χ0) is 14.5. The smallest absolute Gasteiger partial charge is 0.255 e. The van der Waals surface area contributed by atoms with Crippen LogP contribution in [0.4, 0.5) is 0 Å². The molecule has 0 fully saturated rings. The molecular formula is C16H19NO3. The van der Waals surface area contributed by atoms with Crippen molar-refractivity contribution in [1.29, 1.82) is 0 Å². The van der Waals surface area contributed by atoms with Gasteiger partial charge in [0.1, 0.15) is 5.76 Å². The Balaban J connectivity index is 2.15. The summed E-state index contributed by atoms with van der Waals surface area (Å²) in [4.78, 5) is 12.2. The third-order valence-corrected chi connectivity index (χ3v) is 3.33. The van der Waals surface area contributed by atoms with E-state index < -0.39 is 0 Å². The van der Waals surface area contributed by atoms with Crippen LogP contribution >= 0.6 is 0 Å². The van der Waals surface area contributed by atoms with Crippen LogP contribution in [-0.2, 0) is 9.47 Å². The minimum Gasteiger partial charge on any atom is -0.497 e. The number of carbonyl (C=O) groups excluding carboxylic acids is 1. The predicted octanol–water partition coefficient (Wildman–Crippen LogP) is 2.91. The van der Waals surface area contributed by atoms with E-state index in [-0.39, 0.29) is 5.91 Å². The monoisotopic (exact) mass is 273 g/mol. The molecule has 1 aromatic rings. The molecule has 1 aromatic carbocycles. The quantitative estimate of drug-likeness (QED) is 0.917. The average molecular weight is 273 g/mol. The molecule has 20 heavy (non-hydrogen) atoms. The van der Waals surface area contributed by atoms with E-state index in [1.165, 1.54) is 0 Å². The van der Waals surface area contributed by atoms with Crippen molar-refractivity contribution in [2.45, 2.75) is 19.8 Å². The van der Waals surface area contributed by atoms with Gasteiger partial charge in [0, 0.05) is 23.8 Å². The normalized spacial score (nSPS) is 14.7. The number of methoxy groups -OCH3 is 2. The van der Waals surface area contributed by atoms with Crippen molar-refractivity contribution in [3.05, 3.63) is 58.7 Å². The molecule has 0 heterocycles. The number of allylic oxidation sites excluding steroid dienone is 3. The van der Waals surface area contributed by atoms with Gasteiger partial charge >= 0.3 is 0 Å². The van der Waals surface area contributed by atoms with Gasteiger partial charge < -0.3 is 14.8 Å². The highest BCUT2D eigenvalue weighted by atomic mass is 16.5. The lowest BCUT2D eigenvalue weighted by Gasteiger charge is -2.19. The molecule has 0 unspecified atom stereocenters. The first-order chi connectivity index (χ1) is 9.65. The van der Waals surface area contributed by atoms with Gasteiger partial charge in [-0.2, -0.15) is 0 Å². The second kappa shape index (κ2) is 6.28. The van der Waals surface area contributed by atoms with Gasteiger partial charge in [0.15, 0.2) is 5.76 Å². The maximum atomic E-state index is 12.2. The van der Waals surface area contributed by atoms with Crippen molar-refractivity contribution in [2.24, 2.45) is 0 Å². The van der Waals surface area contributed by atoms with Crippen LogP contribution in [0, 0.1) is 6.92 Å². The molecule has 106 valence electrons. The van der Waals surface area contributed by atoms with Crippen molar-refractivity contribution < 1.29 is 14.3 Å². The SMILES string of the molecule is COC1=C(OC)CCC(NC(=O)c2ccccc2C)=C1. The Morgan fingerprint density at radius 3 is 2.55 bits per heavy atom. The number of hydrogen-bond acceptors (Lipinski definition) is 3. The lowest BCUT2D eigenvalue weighted by molar-refractivity contribution is 0.0962. The molecule has 0 atom stereocenters. The summed E-state index contributed by atoms with van der Waals surface area (Å²) < 4.78 is 10.5. The van der Waals surface area contributed by atoms with Crippen molar-refractivity contribution in [3.8, 4) is 0 Å². The van der Waals surface area contributed by atoms with E-state index in [0.717, 1.165) is 29.9 Å². The first kappa shape index (κ1) is 14.2. The maximum absolute atomic E-state index is 12.2. The van der Waals surface area contributed by atoms with Crippen LogP contribution in [0.5, 0.6) is 0 Å². The summed E-state index contributed by atoms with van der Waals surface area (Å²) in [6.45, 7) is 1.92. The summed E-state index contributed by atoms with van der Waals surface area (Å²) in [5, 5.41) is 2.94. The third kappa shape index (κ3) is 3.02. The predicted molar refractivity (Wildman–Crippen MR) is 77.0 cm³/mol. The molecule has 1 aliphatic rings. The highest BCUT2D eigenvalue weighted by Crippen LogP contribution is 2.23. The van der Waals surface area contributed by atoms with Gasteiger partial charge in [-0.3, -0.25) is 4.79 Å². The van der Waals surface area contributed by atoms with E-state index in [2.05, 4.69) is 5.32 Å².